The van der Waals surface area contributed by atoms with Crippen LogP contribution >= 0.6 is 22.9 Å². The number of carbonyl (C=O) groups is 2. The van der Waals surface area contributed by atoms with Gasteiger partial charge in [0.15, 0.2) is 0 Å². The molecule has 2 N–H and O–H groups in total. The molecular weight excluding hydrogens is 406 g/mol. The normalized spacial score (nSPS) is 14.2. The lowest BCUT2D eigenvalue weighted by Gasteiger charge is -2.18. The van der Waals surface area contributed by atoms with Crippen molar-refractivity contribution in [1.29, 1.82) is 0 Å². The van der Waals surface area contributed by atoms with Gasteiger partial charge in [0, 0.05) is 28.4 Å². The number of aromatic nitrogens is 1. The number of thiazole rings is 1. The Kier molecular flexibility index (Phi) is 5.92. The third kappa shape index (κ3) is 5.22. The number of rotatable bonds is 7. The molecule has 1 saturated carbocycles. The Morgan fingerprint density at radius 3 is 2.52 bits per heavy atom. The maximum Gasteiger partial charge on any atom is 0.271 e. The Morgan fingerprint density at radius 2 is 1.83 bits per heavy atom. The topological polar surface area (TPSA) is 71.1 Å². The van der Waals surface area contributed by atoms with Crippen LogP contribution in [0, 0.1) is 0 Å². The summed E-state index contributed by atoms with van der Waals surface area (Å²) >= 11 is 7.31. The first-order valence-corrected chi connectivity index (χ1v) is 10.7. The van der Waals surface area contributed by atoms with Crippen molar-refractivity contribution in [3.63, 3.8) is 0 Å². The van der Waals surface area contributed by atoms with Crippen molar-refractivity contribution in [3.8, 4) is 10.6 Å². The first-order valence-electron chi connectivity index (χ1n) is 9.45. The molecule has 0 saturated heterocycles. The average Bonchev–Trinajstić information content (AvgIpc) is 3.40. The van der Waals surface area contributed by atoms with E-state index in [1.54, 1.807) is 17.5 Å². The molecule has 1 aliphatic carbocycles. The second-order valence-electron chi connectivity index (χ2n) is 7.04. The highest BCUT2D eigenvalue weighted by Crippen LogP contribution is 2.25. The van der Waals surface area contributed by atoms with E-state index in [4.69, 9.17) is 11.6 Å². The predicted octanol–water partition coefficient (Wildman–Crippen LogP) is 4.08. The third-order valence-electron chi connectivity index (χ3n) is 4.66. The Balaban J connectivity index is 1.48. The minimum absolute atomic E-state index is 0.155. The maximum atomic E-state index is 12.8. The van der Waals surface area contributed by atoms with Gasteiger partial charge in [0.1, 0.15) is 16.7 Å². The molecule has 148 valence electrons. The van der Waals surface area contributed by atoms with Crippen LogP contribution in [0.15, 0.2) is 60.0 Å². The number of nitrogens with one attached hydrogen (secondary N) is 2. The summed E-state index contributed by atoms with van der Waals surface area (Å²) in [5, 5.41) is 8.93. The highest BCUT2D eigenvalue weighted by Gasteiger charge is 2.29. The largest absolute Gasteiger partial charge is 0.352 e. The Labute approximate surface area is 178 Å². The second kappa shape index (κ2) is 8.76. The van der Waals surface area contributed by atoms with Gasteiger partial charge in [-0.05, 0) is 30.5 Å². The van der Waals surface area contributed by atoms with Crippen molar-refractivity contribution in [2.45, 2.75) is 31.3 Å². The van der Waals surface area contributed by atoms with Crippen LogP contribution in [-0.2, 0) is 11.2 Å². The number of amides is 2. The van der Waals surface area contributed by atoms with Crippen molar-refractivity contribution in [3.05, 3.63) is 76.3 Å². The molecule has 1 unspecified atom stereocenters. The van der Waals surface area contributed by atoms with Crippen LogP contribution in [0.25, 0.3) is 10.6 Å². The zero-order valence-corrected chi connectivity index (χ0v) is 17.2. The smallest absolute Gasteiger partial charge is 0.271 e. The second-order valence-corrected chi connectivity index (χ2v) is 8.34. The Bertz CT molecular complexity index is 1000. The fourth-order valence-corrected chi connectivity index (χ4v) is 3.86. The van der Waals surface area contributed by atoms with E-state index in [9.17, 15) is 9.59 Å². The van der Waals surface area contributed by atoms with Crippen LogP contribution in [0.3, 0.4) is 0 Å². The van der Waals surface area contributed by atoms with Gasteiger partial charge in [0.05, 0.1) is 0 Å². The van der Waals surface area contributed by atoms with Gasteiger partial charge in [-0.3, -0.25) is 9.59 Å². The van der Waals surface area contributed by atoms with Gasteiger partial charge in [-0.15, -0.1) is 11.3 Å². The highest BCUT2D eigenvalue weighted by molar-refractivity contribution is 7.13. The lowest BCUT2D eigenvalue weighted by atomic mass is 10.0. The molecule has 1 atom stereocenters. The van der Waals surface area contributed by atoms with Crippen LogP contribution in [0.5, 0.6) is 0 Å². The standard InChI is InChI=1S/C22H20ClN3O2S/c23-16-8-6-15(7-9-16)22-26-19(13-29-22)21(28)25-18(20(27)24-17-10-11-17)12-14-4-2-1-3-5-14/h1-9,13,17-18H,10-12H2,(H,24,27)(H,25,28). The Morgan fingerprint density at radius 1 is 1.10 bits per heavy atom. The number of hydrogen-bond acceptors (Lipinski definition) is 4. The van der Waals surface area contributed by atoms with Crippen molar-refractivity contribution in [1.82, 2.24) is 15.6 Å². The van der Waals surface area contributed by atoms with Crippen LogP contribution < -0.4 is 10.6 Å². The third-order valence-corrected chi connectivity index (χ3v) is 5.80. The van der Waals surface area contributed by atoms with E-state index < -0.39 is 6.04 Å². The molecule has 29 heavy (non-hydrogen) atoms. The molecule has 5 nitrogen and oxygen atoms in total. The van der Waals surface area contributed by atoms with Crippen LogP contribution in [0.1, 0.15) is 28.9 Å². The maximum absolute atomic E-state index is 12.8. The van der Waals surface area contributed by atoms with Gasteiger partial charge in [-0.1, -0.05) is 54.1 Å². The van der Waals surface area contributed by atoms with Gasteiger partial charge in [0.2, 0.25) is 5.91 Å². The quantitative estimate of drug-likeness (QED) is 0.599. The lowest BCUT2D eigenvalue weighted by Crippen LogP contribution is -2.48. The lowest BCUT2D eigenvalue weighted by molar-refractivity contribution is -0.123. The van der Waals surface area contributed by atoms with Crippen molar-refractivity contribution in [2.24, 2.45) is 0 Å². The Hall–Kier alpha value is -2.70. The van der Waals surface area contributed by atoms with E-state index in [0.717, 1.165) is 29.0 Å². The first-order chi connectivity index (χ1) is 14.1. The van der Waals surface area contributed by atoms with Gasteiger partial charge < -0.3 is 10.6 Å². The molecule has 4 rings (SSSR count). The molecule has 0 aliphatic heterocycles. The van der Waals surface area contributed by atoms with E-state index >= 15 is 0 Å². The minimum atomic E-state index is -0.647. The van der Waals surface area contributed by atoms with Gasteiger partial charge in [-0.25, -0.2) is 4.98 Å². The SMILES string of the molecule is O=C(NC(Cc1ccccc1)C(=O)NC1CC1)c1csc(-c2ccc(Cl)cc2)n1. The zero-order valence-electron chi connectivity index (χ0n) is 15.6. The van der Waals surface area contributed by atoms with E-state index in [1.807, 2.05) is 42.5 Å². The molecule has 1 fully saturated rings. The van der Waals surface area contributed by atoms with Gasteiger partial charge >= 0.3 is 0 Å². The van der Waals surface area contributed by atoms with E-state index in [2.05, 4.69) is 15.6 Å². The first kappa shape index (κ1) is 19.6. The van der Waals surface area contributed by atoms with Crippen molar-refractivity contribution < 1.29 is 9.59 Å². The van der Waals surface area contributed by atoms with Gasteiger partial charge in [-0.2, -0.15) is 0 Å². The van der Waals surface area contributed by atoms with E-state index in [0.29, 0.717) is 17.1 Å². The fourth-order valence-electron chi connectivity index (χ4n) is 2.92. The van der Waals surface area contributed by atoms with Crippen LogP contribution in [-0.4, -0.2) is 28.9 Å². The van der Waals surface area contributed by atoms with E-state index in [-0.39, 0.29) is 17.9 Å². The molecule has 0 radical (unpaired) electrons. The molecule has 0 bridgehead atoms. The molecule has 1 heterocycles. The van der Waals surface area contributed by atoms with Crippen LogP contribution in [0.2, 0.25) is 5.02 Å². The number of carbonyl (C=O) groups excluding carboxylic acids is 2. The summed E-state index contributed by atoms with van der Waals surface area (Å²) in [5.41, 5.74) is 2.19. The molecule has 1 aliphatic rings. The average molecular weight is 426 g/mol. The van der Waals surface area contributed by atoms with Crippen molar-refractivity contribution >= 4 is 34.8 Å². The minimum Gasteiger partial charge on any atom is -0.352 e. The number of benzene rings is 2. The molecular formula is C22H20ClN3O2S. The summed E-state index contributed by atoms with van der Waals surface area (Å²) in [6.07, 6.45) is 2.42. The van der Waals surface area contributed by atoms with Gasteiger partial charge in [0.25, 0.3) is 5.91 Å². The van der Waals surface area contributed by atoms with E-state index in [1.165, 1.54) is 11.3 Å². The predicted molar refractivity (Wildman–Crippen MR) is 115 cm³/mol. The summed E-state index contributed by atoms with van der Waals surface area (Å²) in [7, 11) is 0. The summed E-state index contributed by atoms with van der Waals surface area (Å²) in [4.78, 5) is 29.9. The molecule has 2 amide bonds. The number of halogens is 1. The highest BCUT2D eigenvalue weighted by atomic mass is 35.5. The fraction of sp³-hybridized carbons (Fsp3) is 0.227. The molecule has 3 aromatic rings. The van der Waals surface area contributed by atoms with Crippen molar-refractivity contribution in [2.75, 3.05) is 0 Å². The summed E-state index contributed by atoms with van der Waals surface area (Å²) in [6.45, 7) is 0. The monoisotopic (exact) mass is 425 g/mol. The zero-order chi connectivity index (χ0) is 20.2. The molecule has 1 aromatic heterocycles. The summed E-state index contributed by atoms with van der Waals surface area (Å²) in [6, 6.07) is 16.6. The summed E-state index contributed by atoms with van der Waals surface area (Å²) < 4.78 is 0. The molecule has 0 spiro atoms. The molecule has 7 heteroatoms. The van der Waals surface area contributed by atoms with Crippen LogP contribution in [0.4, 0.5) is 0 Å². The molecule has 2 aromatic carbocycles. The number of hydrogen-bond donors (Lipinski definition) is 2. The summed E-state index contributed by atoms with van der Waals surface area (Å²) in [5.74, 6) is -0.508. The number of nitrogens with zero attached hydrogens (tertiary/aromatic N) is 1.